The van der Waals surface area contributed by atoms with Gasteiger partial charge in [-0.15, -0.1) is 0 Å². The van der Waals surface area contributed by atoms with Crippen LogP contribution in [-0.4, -0.2) is 0 Å². The average molecular weight is 406 g/mol. The second kappa shape index (κ2) is 8.47. The van der Waals surface area contributed by atoms with Crippen molar-refractivity contribution in [3.63, 3.8) is 0 Å². The second-order valence-corrected chi connectivity index (χ2v) is 7.11. The fraction of sp³-hybridized carbons (Fsp3) is 0.154. The molecule has 0 spiro atoms. The zero-order valence-corrected chi connectivity index (χ0v) is 17.0. The van der Waals surface area contributed by atoms with Gasteiger partial charge in [-0.2, -0.15) is 0 Å². The molecular weight excluding hydrogens is 388 g/mol. The Kier molecular flexibility index (Phi) is 5.99. The van der Waals surface area contributed by atoms with E-state index in [1.165, 1.54) is 6.92 Å². The van der Waals surface area contributed by atoms with Gasteiger partial charge in [0.1, 0.15) is 23.3 Å². The van der Waals surface area contributed by atoms with E-state index in [0.717, 1.165) is 41.0 Å². The standard InChI is InChI=1S/C26H18F4/c1-15-9-19(10-16(2)17(15)3)7-8-22-25(29)13-21(14-26(22)30)6-5-20-11-23(27)18(4)24(28)12-20/h9-14H,1-4H3. The molecule has 0 radical (unpaired) electrons. The van der Waals surface area contributed by atoms with Crippen molar-refractivity contribution in [1.82, 2.24) is 0 Å². The summed E-state index contributed by atoms with van der Waals surface area (Å²) < 4.78 is 56.0. The highest BCUT2D eigenvalue weighted by atomic mass is 19.1. The predicted molar refractivity (Wildman–Crippen MR) is 110 cm³/mol. The van der Waals surface area contributed by atoms with E-state index < -0.39 is 23.3 Å². The van der Waals surface area contributed by atoms with Crippen LogP contribution in [-0.2, 0) is 0 Å². The highest BCUT2D eigenvalue weighted by Gasteiger charge is 2.09. The molecule has 0 bridgehead atoms. The molecule has 0 N–H and O–H groups in total. The van der Waals surface area contributed by atoms with Crippen LogP contribution in [0.2, 0.25) is 0 Å². The molecule has 0 fully saturated rings. The van der Waals surface area contributed by atoms with E-state index in [1.807, 2.05) is 32.9 Å². The van der Waals surface area contributed by atoms with Crippen molar-refractivity contribution >= 4 is 0 Å². The molecule has 0 aliphatic carbocycles. The summed E-state index contributed by atoms with van der Waals surface area (Å²) in [4.78, 5) is 0. The Morgan fingerprint density at radius 1 is 0.467 bits per heavy atom. The summed E-state index contributed by atoms with van der Waals surface area (Å²) in [6.07, 6.45) is 0. The Morgan fingerprint density at radius 2 is 0.833 bits per heavy atom. The minimum Gasteiger partial charge on any atom is -0.207 e. The van der Waals surface area contributed by atoms with Crippen molar-refractivity contribution in [2.75, 3.05) is 0 Å². The lowest BCUT2D eigenvalue weighted by Gasteiger charge is -2.05. The molecule has 0 atom stereocenters. The molecule has 0 unspecified atom stereocenters. The maximum absolute atomic E-state index is 14.4. The summed E-state index contributed by atoms with van der Waals surface area (Å²) in [5.41, 5.74) is 3.56. The van der Waals surface area contributed by atoms with E-state index >= 15 is 0 Å². The van der Waals surface area contributed by atoms with Gasteiger partial charge in [-0.25, -0.2) is 17.6 Å². The van der Waals surface area contributed by atoms with Crippen molar-refractivity contribution in [3.05, 3.63) is 104 Å². The Labute approximate surface area is 173 Å². The van der Waals surface area contributed by atoms with Crippen LogP contribution in [0.15, 0.2) is 36.4 Å². The number of rotatable bonds is 0. The van der Waals surface area contributed by atoms with Crippen LogP contribution in [0.25, 0.3) is 0 Å². The Balaban J connectivity index is 1.93. The van der Waals surface area contributed by atoms with Gasteiger partial charge in [0.25, 0.3) is 0 Å². The molecule has 4 heteroatoms. The van der Waals surface area contributed by atoms with Crippen molar-refractivity contribution in [2.45, 2.75) is 27.7 Å². The van der Waals surface area contributed by atoms with Crippen molar-refractivity contribution < 1.29 is 17.6 Å². The summed E-state index contributed by atoms with van der Waals surface area (Å²) in [6.45, 7) is 7.22. The van der Waals surface area contributed by atoms with E-state index in [1.54, 1.807) is 0 Å². The highest BCUT2D eigenvalue weighted by molar-refractivity contribution is 5.51. The molecule has 30 heavy (non-hydrogen) atoms. The third kappa shape index (κ3) is 4.56. The molecule has 0 saturated heterocycles. The topological polar surface area (TPSA) is 0 Å². The summed E-state index contributed by atoms with van der Waals surface area (Å²) in [5, 5.41) is 0. The molecule has 0 aliphatic heterocycles. The van der Waals surface area contributed by atoms with Crippen LogP contribution in [0.4, 0.5) is 17.6 Å². The molecule has 0 saturated carbocycles. The van der Waals surface area contributed by atoms with Crippen molar-refractivity contribution in [1.29, 1.82) is 0 Å². The monoisotopic (exact) mass is 406 g/mol. The second-order valence-electron chi connectivity index (χ2n) is 7.11. The first-order chi connectivity index (χ1) is 14.2. The van der Waals surface area contributed by atoms with Gasteiger partial charge in [-0.3, -0.25) is 0 Å². The van der Waals surface area contributed by atoms with Gasteiger partial charge in [0.15, 0.2) is 0 Å². The minimum atomic E-state index is -0.853. The highest BCUT2D eigenvalue weighted by Crippen LogP contribution is 2.18. The zero-order valence-electron chi connectivity index (χ0n) is 17.0. The van der Waals surface area contributed by atoms with E-state index in [4.69, 9.17) is 0 Å². The molecular formula is C26H18F4. The SMILES string of the molecule is Cc1cc(C#Cc2c(F)cc(C#Cc3cc(F)c(C)c(F)c3)cc2F)cc(C)c1C. The number of halogens is 4. The molecule has 0 aromatic heterocycles. The number of aryl methyl sites for hydroxylation is 2. The molecule has 0 heterocycles. The molecule has 0 aliphatic rings. The number of benzene rings is 3. The number of hydrogen-bond acceptors (Lipinski definition) is 0. The van der Waals surface area contributed by atoms with Crippen molar-refractivity contribution in [2.24, 2.45) is 0 Å². The van der Waals surface area contributed by atoms with Crippen LogP contribution in [0.3, 0.4) is 0 Å². The van der Waals surface area contributed by atoms with Crippen LogP contribution in [0, 0.1) is 74.6 Å². The molecule has 3 aromatic rings. The largest absolute Gasteiger partial charge is 0.207 e. The van der Waals surface area contributed by atoms with Gasteiger partial charge in [-0.1, -0.05) is 23.7 Å². The summed E-state index contributed by atoms with van der Waals surface area (Å²) in [5.74, 6) is 7.22. The van der Waals surface area contributed by atoms with Crippen LogP contribution in [0.1, 0.15) is 44.5 Å². The predicted octanol–water partition coefficient (Wildman–Crippen LogP) is 6.28. The fourth-order valence-electron chi connectivity index (χ4n) is 2.87. The van der Waals surface area contributed by atoms with Gasteiger partial charge >= 0.3 is 0 Å². The third-order valence-corrected chi connectivity index (χ3v) is 4.93. The third-order valence-electron chi connectivity index (χ3n) is 4.93. The van der Waals surface area contributed by atoms with E-state index in [0.29, 0.717) is 5.56 Å². The van der Waals surface area contributed by atoms with E-state index in [9.17, 15) is 17.6 Å². The van der Waals surface area contributed by atoms with Crippen LogP contribution in [0.5, 0.6) is 0 Å². The Morgan fingerprint density at radius 3 is 1.30 bits per heavy atom. The van der Waals surface area contributed by atoms with E-state index in [-0.39, 0.29) is 22.3 Å². The smallest absolute Gasteiger partial charge is 0.143 e. The summed E-state index contributed by atoms with van der Waals surface area (Å²) >= 11 is 0. The summed E-state index contributed by atoms with van der Waals surface area (Å²) in [6, 6.07) is 7.97. The lowest BCUT2D eigenvalue weighted by Crippen LogP contribution is -1.94. The first-order valence-electron chi connectivity index (χ1n) is 9.22. The maximum atomic E-state index is 14.4. The molecule has 3 rings (SSSR count). The molecule has 150 valence electrons. The lowest BCUT2D eigenvalue weighted by molar-refractivity contribution is 0.567. The van der Waals surface area contributed by atoms with Crippen LogP contribution < -0.4 is 0 Å². The summed E-state index contributed by atoms with van der Waals surface area (Å²) in [7, 11) is 0. The lowest BCUT2D eigenvalue weighted by atomic mass is 10.0. The van der Waals surface area contributed by atoms with Gasteiger partial charge in [0.2, 0.25) is 0 Å². The fourth-order valence-corrected chi connectivity index (χ4v) is 2.87. The van der Waals surface area contributed by atoms with Crippen LogP contribution >= 0.6 is 0 Å². The molecule has 0 amide bonds. The van der Waals surface area contributed by atoms with Gasteiger partial charge in [0.05, 0.1) is 5.56 Å². The van der Waals surface area contributed by atoms with Gasteiger partial charge < -0.3 is 0 Å². The Bertz CT molecular complexity index is 1210. The van der Waals surface area contributed by atoms with E-state index in [2.05, 4.69) is 23.7 Å². The Hall–Kier alpha value is -3.50. The maximum Gasteiger partial charge on any atom is 0.143 e. The quantitative estimate of drug-likeness (QED) is 0.305. The first-order valence-corrected chi connectivity index (χ1v) is 9.22. The van der Waals surface area contributed by atoms with Gasteiger partial charge in [0, 0.05) is 22.3 Å². The number of hydrogen-bond donors (Lipinski definition) is 0. The van der Waals surface area contributed by atoms with Gasteiger partial charge in [-0.05, 0) is 80.8 Å². The normalized spacial score (nSPS) is 10.1. The van der Waals surface area contributed by atoms with Crippen molar-refractivity contribution in [3.8, 4) is 23.7 Å². The average Bonchev–Trinajstić information content (AvgIpc) is 2.67. The first kappa shape index (κ1) is 21.2. The molecule has 3 aromatic carbocycles. The molecule has 0 nitrogen and oxygen atoms in total. The minimum absolute atomic E-state index is 0.0407. The zero-order chi connectivity index (χ0) is 22.0.